The van der Waals surface area contributed by atoms with Gasteiger partial charge < -0.3 is 16.3 Å². The molecule has 1 fully saturated rings. The molecule has 1 heterocycles. The maximum absolute atomic E-state index is 11.7. The molecule has 2 rings (SSSR count). The molecular formula is C13H19N3O3S. The molecule has 1 aromatic rings. The third-order valence-electron chi connectivity index (χ3n) is 3.52. The summed E-state index contributed by atoms with van der Waals surface area (Å²) in [6, 6.07) is 7.25. The summed E-state index contributed by atoms with van der Waals surface area (Å²) in [5, 5.41) is 14.4. The Morgan fingerprint density at radius 1 is 1.40 bits per heavy atom. The minimum absolute atomic E-state index is 0.0709. The predicted molar refractivity (Wildman–Crippen MR) is 77.5 cm³/mol. The Hall–Kier alpha value is -1.60. The van der Waals surface area contributed by atoms with Gasteiger partial charge in [-0.05, 0) is 18.4 Å². The molecule has 1 aliphatic rings. The van der Waals surface area contributed by atoms with Crippen molar-refractivity contribution < 1.29 is 13.6 Å². The van der Waals surface area contributed by atoms with Gasteiger partial charge in [0.25, 0.3) is 0 Å². The Bertz CT molecular complexity index is 581. The summed E-state index contributed by atoms with van der Waals surface area (Å²) < 4.78 is 23.3. The van der Waals surface area contributed by atoms with Crippen LogP contribution in [0.5, 0.6) is 0 Å². The first-order valence-electron chi connectivity index (χ1n) is 6.52. The molecule has 20 heavy (non-hydrogen) atoms. The Kier molecular flexibility index (Phi) is 4.61. The number of hydrogen-bond acceptors (Lipinski definition) is 5. The van der Waals surface area contributed by atoms with Gasteiger partial charge in [0, 0.05) is 18.7 Å². The van der Waals surface area contributed by atoms with Gasteiger partial charge in [-0.2, -0.15) is 0 Å². The SMILES string of the molecule is N/C(=N/O)c1ccc(CNCC2CCCS2(=O)=O)cc1. The van der Waals surface area contributed by atoms with E-state index >= 15 is 0 Å². The highest BCUT2D eigenvalue weighted by Gasteiger charge is 2.30. The Balaban J connectivity index is 1.86. The lowest BCUT2D eigenvalue weighted by molar-refractivity contribution is 0.318. The Labute approximate surface area is 118 Å². The van der Waals surface area contributed by atoms with Crippen LogP contribution in [0.2, 0.25) is 0 Å². The number of hydrogen-bond donors (Lipinski definition) is 3. The van der Waals surface area contributed by atoms with Crippen LogP contribution in [0.1, 0.15) is 24.0 Å². The summed E-state index contributed by atoms with van der Waals surface area (Å²) in [5.41, 5.74) is 7.15. The summed E-state index contributed by atoms with van der Waals surface area (Å²) in [6.45, 7) is 1.09. The van der Waals surface area contributed by atoms with Crippen molar-refractivity contribution in [3.8, 4) is 0 Å². The van der Waals surface area contributed by atoms with Crippen molar-refractivity contribution in [2.45, 2.75) is 24.6 Å². The van der Waals surface area contributed by atoms with E-state index in [0.717, 1.165) is 18.4 Å². The minimum atomic E-state index is -2.89. The van der Waals surface area contributed by atoms with Gasteiger partial charge in [0.1, 0.15) is 0 Å². The van der Waals surface area contributed by atoms with Crippen LogP contribution in [0.15, 0.2) is 29.4 Å². The fourth-order valence-corrected chi connectivity index (χ4v) is 4.12. The van der Waals surface area contributed by atoms with Crippen molar-refractivity contribution in [1.82, 2.24) is 5.32 Å². The molecule has 1 atom stereocenters. The second kappa shape index (κ2) is 6.23. The molecule has 0 aliphatic carbocycles. The molecule has 1 aliphatic heterocycles. The smallest absolute Gasteiger partial charge is 0.170 e. The third-order valence-corrected chi connectivity index (χ3v) is 5.80. The zero-order valence-corrected chi connectivity index (χ0v) is 11.9. The van der Waals surface area contributed by atoms with E-state index in [4.69, 9.17) is 10.9 Å². The molecule has 1 aromatic carbocycles. The van der Waals surface area contributed by atoms with E-state index in [1.807, 2.05) is 12.1 Å². The van der Waals surface area contributed by atoms with Crippen LogP contribution in [0.4, 0.5) is 0 Å². The van der Waals surface area contributed by atoms with E-state index in [1.54, 1.807) is 12.1 Å². The van der Waals surface area contributed by atoms with Crippen molar-refractivity contribution in [2.24, 2.45) is 10.9 Å². The molecule has 1 saturated heterocycles. The van der Waals surface area contributed by atoms with E-state index in [9.17, 15) is 8.42 Å². The average Bonchev–Trinajstić information content (AvgIpc) is 2.78. The molecule has 6 nitrogen and oxygen atoms in total. The maximum atomic E-state index is 11.7. The summed E-state index contributed by atoms with van der Waals surface area (Å²) in [7, 11) is -2.89. The number of nitrogens with zero attached hydrogens (tertiary/aromatic N) is 1. The minimum Gasteiger partial charge on any atom is -0.409 e. The first kappa shape index (κ1) is 14.8. The average molecular weight is 297 g/mol. The van der Waals surface area contributed by atoms with E-state index in [1.165, 1.54) is 0 Å². The molecule has 1 unspecified atom stereocenters. The number of oxime groups is 1. The van der Waals surface area contributed by atoms with Gasteiger partial charge in [-0.15, -0.1) is 0 Å². The molecule has 0 saturated carbocycles. The van der Waals surface area contributed by atoms with E-state index in [0.29, 0.717) is 24.4 Å². The van der Waals surface area contributed by atoms with Crippen LogP contribution >= 0.6 is 0 Å². The maximum Gasteiger partial charge on any atom is 0.170 e. The summed E-state index contributed by atoms with van der Waals surface area (Å²) >= 11 is 0. The van der Waals surface area contributed by atoms with Crippen LogP contribution < -0.4 is 11.1 Å². The second-order valence-corrected chi connectivity index (χ2v) is 7.34. The topological polar surface area (TPSA) is 105 Å². The van der Waals surface area contributed by atoms with Gasteiger partial charge >= 0.3 is 0 Å². The standard InChI is InChI=1S/C13H19N3O3S/c14-13(16-17)11-5-3-10(4-6-11)8-15-9-12-2-1-7-20(12,18)19/h3-6,12,15,17H,1-2,7-9H2,(H2,14,16). The number of amidine groups is 1. The number of rotatable bonds is 5. The van der Waals surface area contributed by atoms with Crippen LogP contribution in [-0.2, 0) is 16.4 Å². The zero-order chi connectivity index (χ0) is 14.6. The number of nitrogens with two attached hydrogens (primary N) is 1. The van der Waals surface area contributed by atoms with E-state index in [-0.39, 0.29) is 11.1 Å². The fraction of sp³-hybridized carbons (Fsp3) is 0.462. The highest BCUT2D eigenvalue weighted by Crippen LogP contribution is 2.19. The van der Waals surface area contributed by atoms with Crippen molar-refractivity contribution in [2.75, 3.05) is 12.3 Å². The first-order valence-corrected chi connectivity index (χ1v) is 8.23. The number of sulfone groups is 1. The molecule has 110 valence electrons. The van der Waals surface area contributed by atoms with E-state index in [2.05, 4.69) is 10.5 Å². The van der Waals surface area contributed by atoms with Gasteiger partial charge in [-0.25, -0.2) is 8.42 Å². The van der Waals surface area contributed by atoms with Crippen LogP contribution in [0.25, 0.3) is 0 Å². The lowest BCUT2D eigenvalue weighted by Gasteiger charge is -2.11. The summed E-state index contributed by atoms with van der Waals surface area (Å²) in [6.07, 6.45) is 1.51. The van der Waals surface area contributed by atoms with E-state index < -0.39 is 9.84 Å². The lowest BCUT2D eigenvalue weighted by Crippen LogP contribution is -2.30. The number of nitrogens with one attached hydrogen (secondary N) is 1. The van der Waals surface area contributed by atoms with Gasteiger partial charge in [-0.1, -0.05) is 29.4 Å². The quantitative estimate of drug-likeness (QED) is 0.317. The molecule has 0 bridgehead atoms. The third kappa shape index (κ3) is 3.49. The van der Waals surface area contributed by atoms with Gasteiger partial charge in [0.2, 0.25) is 0 Å². The molecule has 0 aromatic heterocycles. The van der Waals surface area contributed by atoms with Gasteiger partial charge in [0.15, 0.2) is 15.7 Å². The Morgan fingerprint density at radius 2 is 2.10 bits per heavy atom. The van der Waals surface area contributed by atoms with Crippen LogP contribution in [0.3, 0.4) is 0 Å². The molecule has 0 spiro atoms. The van der Waals surface area contributed by atoms with Gasteiger partial charge in [0.05, 0.1) is 11.0 Å². The zero-order valence-electron chi connectivity index (χ0n) is 11.1. The molecule has 0 radical (unpaired) electrons. The summed E-state index contributed by atoms with van der Waals surface area (Å²) in [4.78, 5) is 0. The van der Waals surface area contributed by atoms with Crippen molar-refractivity contribution in [3.05, 3.63) is 35.4 Å². The van der Waals surface area contributed by atoms with Crippen LogP contribution in [0, 0.1) is 0 Å². The highest BCUT2D eigenvalue weighted by atomic mass is 32.2. The van der Waals surface area contributed by atoms with Crippen LogP contribution in [-0.4, -0.2) is 37.0 Å². The number of benzene rings is 1. The first-order chi connectivity index (χ1) is 9.53. The molecule has 4 N–H and O–H groups in total. The van der Waals surface area contributed by atoms with Crippen molar-refractivity contribution >= 4 is 15.7 Å². The van der Waals surface area contributed by atoms with Gasteiger partial charge in [-0.3, -0.25) is 0 Å². The van der Waals surface area contributed by atoms with Crippen molar-refractivity contribution in [3.63, 3.8) is 0 Å². The monoisotopic (exact) mass is 297 g/mol. The molecule has 0 amide bonds. The lowest BCUT2D eigenvalue weighted by atomic mass is 10.1. The normalized spacial score (nSPS) is 22.0. The molecular weight excluding hydrogens is 278 g/mol. The second-order valence-electron chi connectivity index (χ2n) is 4.94. The Morgan fingerprint density at radius 3 is 2.65 bits per heavy atom. The summed E-state index contributed by atoms with van der Waals surface area (Å²) in [5.74, 6) is 0.384. The highest BCUT2D eigenvalue weighted by molar-refractivity contribution is 7.92. The fourth-order valence-electron chi connectivity index (χ4n) is 2.32. The largest absolute Gasteiger partial charge is 0.409 e. The predicted octanol–water partition coefficient (Wildman–Crippen LogP) is 0.448. The molecule has 7 heteroatoms. The van der Waals surface area contributed by atoms with Crippen molar-refractivity contribution in [1.29, 1.82) is 0 Å².